The van der Waals surface area contributed by atoms with Crippen LogP contribution in [0.5, 0.6) is 0 Å². The second-order valence-corrected chi connectivity index (χ2v) is 4.72. The topological polar surface area (TPSA) is 41.8 Å². The maximum atomic E-state index is 6.11. The van der Waals surface area contributed by atoms with Gasteiger partial charge in [-0.15, -0.1) is 0 Å². The molecule has 0 radical (unpaired) electrons. The number of rotatable bonds is 3. The highest BCUT2D eigenvalue weighted by molar-refractivity contribution is 5.84. The summed E-state index contributed by atoms with van der Waals surface area (Å²) in [6.07, 6.45) is 3.02. The molecular formula is C14H20N2. The molecule has 0 spiro atoms. The Bertz CT molecular complexity index is 482. The second kappa shape index (κ2) is 4.30. The van der Waals surface area contributed by atoms with Crippen LogP contribution in [0.3, 0.4) is 0 Å². The van der Waals surface area contributed by atoms with Gasteiger partial charge in [-0.05, 0) is 35.6 Å². The molecule has 2 aromatic rings. The summed E-state index contributed by atoms with van der Waals surface area (Å²) in [6.45, 7) is 6.55. The summed E-state index contributed by atoms with van der Waals surface area (Å²) in [5.74, 6) is 0.560. The number of hydrogen-bond donors (Lipinski definition) is 2. The van der Waals surface area contributed by atoms with Gasteiger partial charge in [-0.1, -0.05) is 26.8 Å². The first-order valence-electron chi connectivity index (χ1n) is 6.00. The summed E-state index contributed by atoms with van der Waals surface area (Å²) in [4.78, 5) is 3.29. The zero-order chi connectivity index (χ0) is 11.7. The maximum Gasteiger partial charge on any atom is 0.0457 e. The highest BCUT2D eigenvalue weighted by Gasteiger charge is 2.11. The maximum absolute atomic E-state index is 6.11. The van der Waals surface area contributed by atoms with Gasteiger partial charge in [0.1, 0.15) is 0 Å². The van der Waals surface area contributed by atoms with E-state index in [2.05, 4.69) is 44.0 Å². The van der Waals surface area contributed by atoms with Gasteiger partial charge in [0.2, 0.25) is 0 Å². The van der Waals surface area contributed by atoms with Crippen LogP contribution < -0.4 is 5.73 Å². The fourth-order valence-corrected chi connectivity index (χ4v) is 2.05. The predicted octanol–water partition coefficient (Wildman–Crippen LogP) is 3.70. The summed E-state index contributed by atoms with van der Waals surface area (Å²) < 4.78 is 0. The van der Waals surface area contributed by atoms with E-state index in [0.717, 1.165) is 6.42 Å². The average Bonchev–Trinajstić information content (AvgIpc) is 2.70. The Labute approximate surface area is 96.9 Å². The third-order valence-electron chi connectivity index (χ3n) is 3.24. The van der Waals surface area contributed by atoms with Crippen molar-refractivity contribution in [3.8, 4) is 0 Å². The Balaban J connectivity index is 2.55. The van der Waals surface area contributed by atoms with E-state index in [1.807, 2.05) is 6.20 Å². The van der Waals surface area contributed by atoms with Crippen molar-refractivity contribution in [2.45, 2.75) is 39.2 Å². The van der Waals surface area contributed by atoms with Crippen molar-refractivity contribution in [2.75, 3.05) is 0 Å². The standard InChI is InChI=1S/C14H20N2/c1-4-13(15)12-8-16-14-6-5-10(9(2)3)7-11(12)14/h5-9,13,16H,4,15H2,1-3H3. The Hall–Kier alpha value is -1.28. The van der Waals surface area contributed by atoms with Gasteiger partial charge in [0.05, 0.1) is 0 Å². The van der Waals surface area contributed by atoms with Gasteiger partial charge in [-0.2, -0.15) is 0 Å². The number of nitrogens with two attached hydrogens (primary N) is 1. The van der Waals surface area contributed by atoms with Crippen molar-refractivity contribution in [1.29, 1.82) is 0 Å². The Kier molecular flexibility index (Phi) is 3.01. The molecule has 0 aliphatic carbocycles. The lowest BCUT2D eigenvalue weighted by atomic mass is 9.98. The monoisotopic (exact) mass is 216 g/mol. The van der Waals surface area contributed by atoms with Crippen molar-refractivity contribution >= 4 is 10.9 Å². The number of hydrogen-bond acceptors (Lipinski definition) is 1. The lowest BCUT2D eigenvalue weighted by Gasteiger charge is -2.09. The molecule has 0 amide bonds. The smallest absolute Gasteiger partial charge is 0.0457 e. The van der Waals surface area contributed by atoms with E-state index >= 15 is 0 Å². The minimum atomic E-state index is 0.135. The van der Waals surface area contributed by atoms with Gasteiger partial charge in [0.15, 0.2) is 0 Å². The highest BCUT2D eigenvalue weighted by Crippen LogP contribution is 2.27. The van der Waals surface area contributed by atoms with Crippen LogP contribution in [0.1, 0.15) is 50.3 Å². The summed E-state index contributed by atoms with van der Waals surface area (Å²) in [5, 5.41) is 1.28. The largest absolute Gasteiger partial charge is 0.361 e. The molecule has 0 fully saturated rings. The summed E-state index contributed by atoms with van der Waals surface area (Å²) in [5.41, 5.74) is 9.90. The lowest BCUT2D eigenvalue weighted by Crippen LogP contribution is -2.07. The van der Waals surface area contributed by atoms with Crippen LogP contribution in [-0.4, -0.2) is 4.98 Å². The molecule has 0 bridgehead atoms. The number of nitrogens with one attached hydrogen (secondary N) is 1. The highest BCUT2D eigenvalue weighted by atomic mass is 14.7. The molecule has 16 heavy (non-hydrogen) atoms. The van der Waals surface area contributed by atoms with Gasteiger partial charge < -0.3 is 10.7 Å². The Morgan fingerprint density at radius 2 is 2.06 bits per heavy atom. The normalized spacial score (nSPS) is 13.6. The van der Waals surface area contributed by atoms with Crippen LogP contribution in [0.2, 0.25) is 0 Å². The number of fused-ring (bicyclic) bond motifs is 1. The fourth-order valence-electron chi connectivity index (χ4n) is 2.05. The molecule has 86 valence electrons. The number of aromatic nitrogens is 1. The van der Waals surface area contributed by atoms with Crippen molar-refractivity contribution in [2.24, 2.45) is 5.73 Å². The van der Waals surface area contributed by atoms with Crippen molar-refractivity contribution < 1.29 is 0 Å². The fraction of sp³-hybridized carbons (Fsp3) is 0.429. The predicted molar refractivity (Wildman–Crippen MR) is 69.6 cm³/mol. The first-order chi connectivity index (χ1) is 7.63. The zero-order valence-corrected chi connectivity index (χ0v) is 10.2. The van der Waals surface area contributed by atoms with Gasteiger partial charge >= 0.3 is 0 Å². The number of benzene rings is 1. The van der Waals surface area contributed by atoms with Gasteiger partial charge in [-0.25, -0.2) is 0 Å². The average molecular weight is 216 g/mol. The molecule has 0 saturated carbocycles. The van der Waals surface area contributed by atoms with E-state index in [1.54, 1.807) is 0 Å². The third kappa shape index (κ3) is 1.85. The van der Waals surface area contributed by atoms with Crippen LogP contribution in [0.15, 0.2) is 24.4 Å². The van der Waals surface area contributed by atoms with Crippen LogP contribution in [0.25, 0.3) is 10.9 Å². The molecule has 3 N–H and O–H groups in total. The van der Waals surface area contributed by atoms with Crippen LogP contribution in [-0.2, 0) is 0 Å². The molecule has 0 aliphatic heterocycles. The summed E-state index contributed by atoms with van der Waals surface area (Å²) >= 11 is 0. The van der Waals surface area contributed by atoms with E-state index in [-0.39, 0.29) is 6.04 Å². The minimum absolute atomic E-state index is 0.135. The Morgan fingerprint density at radius 3 is 2.69 bits per heavy atom. The minimum Gasteiger partial charge on any atom is -0.361 e. The first kappa shape index (κ1) is 11.2. The van der Waals surface area contributed by atoms with Crippen LogP contribution >= 0.6 is 0 Å². The molecule has 1 unspecified atom stereocenters. The van der Waals surface area contributed by atoms with E-state index < -0.39 is 0 Å². The molecule has 1 atom stereocenters. The molecule has 0 aliphatic rings. The van der Waals surface area contributed by atoms with E-state index in [9.17, 15) is 0 Å². The first-order valence-corrected chi connectivity index (χ1v) is 6.00. The molecule has 1 heterocycles. The lowest BCUT2D eigenvalue weighted by molar-refractivity contribution is 0.704. The molecule has 0 saturated heterocycles. The molecule has 2 heteroatoms. The molecule has 2 nitrogen and oxygen atoms in total. The Morgan fingerprint density at radius 1 is 1.31 bits per heavy atom. The summed E-state index contributed by atoms with van der Waals surface area (Å²) in [6, 6.07) is 6.74. The van der Waals surface area contributed by atoms with Gasteiger partial charge in [0.25, 0.3) is 0 Å². The van der Waals surface area contributed by atoms with Crippen molar-refractivity contribution in [1.82, 2.24) is 4.98 Å². The van der Waals surface area contributed by atoms with Crippen molar-refractivity contribution in [3.05, 3.63) is 35.5 Å². The van der Waals surface area contributed by atoms with E-state index in [0.29, 0.717) is 5.92 Å². The molecular weight excluding hydrogens is 196 g/mol. The number of aromatic amines is 1. The van der Waals surface area contributed by atoms with E-state index in [4.69, 9.17) is 5.73 Å². The van der Waals surface area contributed by atoms with Crippen LogP contribution in [0.4, 0.5) is 0 Å². The van der Waals surface area contributed by atoms with E-state index in [1.165, 1.54) is 22.0 Å². The van der Waals surface area contributed by atoms with Crippen LogP contribution in [0, 0.1) is 0 Å². The van der Waals surface area contributed by atoms with Crippen molar-refractivity contribution in [3.63, 3.8) is 0 Å². The van der Waals surface area contributed by atoms with Gasteiger partial charge in [0, 0.05) is 23.1 Å². The van der Waals surface area contributed by atoms with Gasteiger partial charge in [-0.3, -0.25) is 0 Å². The molecule has 1 aromatic heterocycles. The summed E-state index contributed by atoms with van der Waals surface area (Å²) in [7, 11) is 0. The number of H-pyrrole nitrogens is 1. The SMILES string of the molecule is CCC(N)c1c[nH]c2ccc(C(C)C)cc12. The molecule has 2 rings (SSSR count). The quantitative estimate of drug-likeness (QED) is 0.807. The zero-order valence-electron chi connectivity index (χ0n) is 10.2. The second-order valence-electron chi connectivity index (χ2n) is 4.72. The third-order valence-corrected chi connectivity index (χ3v) is 3.24. The molecule has 1 aromatic carbocycles.